The molecule has 196 valence electrons. The number of hydrogen-bond donors (Lipinski definition) is 2. The summed E-state index contributed by atoms with van der Waals surface area (Å²) >= 11 is 0. The van der Waals surface area contributed by atoms with Crippen molar-refractivity contribution in [1.82, 2.24) is 10.3 Å². The summed E-state index contributed by atoms with van der Waals surface area (Å²) in [7, 11) is 1.74. The smallest absolute Gasteiger partial charge is 0.321 e. The molecule has 0 unspecified atom stereocenters. The van der Waals surface area contributed by atoms with Gasteiger partial charge in [0.15, 0.2) is 0 Å². The van der Waals surface area contributed by atoms with E-state index in [2.05, 4.69) is 17.2 Å². The number of nitrogens with one attached hydrogen (secondary N) is 1. The maximum Gasteiger partial charge on any atom is 0.321 e. The van der Waals surface area contributed by atoms with Crippen LogP contribution in [0, 0.1) is 0 Å². The molecule has 0 aliphatic carbocycles. The highest BCUT2D eigenvalue weighted by Crippen LogP contribution is 2.32. The van der Waals surface area contributed by atoms with Gasteiger partial charge in [0, 0.05) is 37.5 Å². The number of benzene rings is 2. The summed E-state index contributed by atoms with van der Waals surface area (Å²) in [5, 5.41) is 12.1. The molecule has 0 atom stereocenters. The molecule has 0 saturated heterocycles. The Morgan fingerprint density at radius 3 is 2.51 bits per heavy atom. The zero-order valence-corrected chi connectivity index (χ0v) is 21.8. The van der Waals surface area contributed by atoms with Crippen LogP contribution in [0.4, 0.5) is 10.5 Å². The quantitative estimate of drug-likeness (QED) is 0.246. The van der Waals surface area contributed by atoms with Crippen LogP contribution in [0.1, 0.15) is 56.6 Å². The van der Waals surface area contributed by atoms with Crippen LogP contribution in [-0.2, 0) is 17.8 Å². The van der Waals surface area contributed by atoms with Crippen LogP contribution in [0.3, 0.4) is 0 Å². The first kappa shape index (κ1) is 27.7. The summed E-state index contributed by atoms with van der Waals surface area (Å²) in [5.41, 5.74) is 4.07. The van der Waals surface area contributed by atoms with Crippen molar-refractivity contribution in [2.45, 2.75) is 58.5 Å². The van der Waals surface area contributed by atoms with Crippen molar-refractivity contribution in [3.05, 3.63) is 78.0 Å². The van der Waals surface area contributed by atoms with Gasteiger partial charge in [-0.15, -0.1) is 0 Å². The van der Waals surface area contributed by atoms with E-state index in [4.69, 9.17) is 9.84 Å². The van der Waals surface area contributed by atoms with E-state index >= 15 is 0 Å². The third-order valence-corrected chi connectivity index (χ3v) is 6.18. The molecule has 1 heterocycles. The highest BCUT2D eigenvalue weighted by Gasteiger charge is 2.15. The van der Waals surface area contributed by atoms with Crippen LogP contribution in [0.2, 0.25) is 0 Å². The summed E-state index contributed by atoms with van der Waals surface area (Å²) in [6, 6.07) is 19.0. The minimum atomic E-state index is -0.840. The Bertz CT molecular complexity index is 1150. The largest absolute Gasteiger partial charge is 0.488 e. The first-order chi connectivity index (χ1) is 18.0. The van der Waals surface area contributed by atoms with Gasteiger partial charge in [-0.1, -0.05) is 69.0 Å². The average molecular weight is 504 g/mol. The molecule has 0 bridgehead atoms. The fourth-order valence-electron chi connectivity index (χ4n) is 3.97. The Morgan fingerprint density at radius 2 is 1.76 bits per heavy atom. The predicted molar refractivity (Wildman–Crippen MR) is 147 cm³/mol. The number of aryl methyl sites for hydroxylation is 1. The highest BCUT2D eigenvalue weighted by atomic mass is 16.5. The van der Waals surface area contributed by atoms with Gasteiger partial charge in [-0.3, -0.25) is 14.7 Å². The van der Waals surface area contributed by atoms with Gasteiger partial charge in [-0.05, 0) is 48.2 Å². The molecule has 7 nitrogen and oxygen atoms in total. The fraction of sp³-hybridized carbons (Fsp3) is 0.367. The fourth-order valence-corrected chi connectivity index (χ4v) is 3.97. The molecule has 0 fully saturated rings. The maximum absolute atomic E-state index is 12.7. The lowest BCUT2D eigenvalue weighted by Crippen LogP contribution is -2.37. The normalized spacial score (nSPS) is 10.6. The molecule has 3 rings (SSSR count). The Morgan fingerprint density at radius 1 is 0.973 bits per heavy atom. The topological polar surface area (TPSA) is 91.8 Å². The Balaban J connectivity index is 1.76. The minimum Gasteiger partial charge on any atom is -0.488 e. The molecule has 2 aromatic carbocycles. The molecule has 3 aromatic rings. The molecule has 0 aliphatic heterocycles. The van der Waals surface area contributed by atoms with Gasteiger partial charge in [-0.25, -0.2) is 4.79 Å². The molecule has 7 heteroatoms. The number of unbranched alkanes of at least 4 members (excludes halogenated alkanes) is 4. The second-order valence-corrected chi connectivity index (χ2v) is 9.10. The Kier molecular flexibility index (Phi) is 11.0. The van der Waals surface area contributed by atoms with Gasteiger partial charge < -0.3 is 15.2 Å². The zero-order valence-electron chi connectivity index (χ0n) is 21.8. The molecule has 0 spiro atoms. The number of pyridine rings is 1. The SMILES string of the molecule is CCCCCCCNC(=O)N(C)c1ccnc(-c2ccc(CCC(=O)O)cc2OCc2ccccc2)c1. The number of rotatable bonds is 14. The lowest BCUT2D eigenvalue weighted by molar-refractivity contribution is -0.136. The summed E-state index contributed by atoms with van der Waals surface area (Å²) < 4.78 is 6.19. The van der Waals surface area contributed by atoms with Crippen molar-refractivity contribution in [2.24, 2.45) is 0 Å². The van der Waals surface area contributed by atoms with Crippen molar-refractivity contribution in [3.8, 4) is 17.0 Å². The molecule has 2 amide bonds. The predicted octanol–water partition coefficient (Wildman–Crippen LogP) is 6.46. The van der Waals surface area contributed by atoms with Crippen LogP contribution in [0.15, 0.2) is 66.9 Å². The second kappa shape index (κ2) is 14.6. The number of aromatic nitrogens is 1. The number of carbonyl (C=O) groups excluding carboxylic acids is 1. The number of ether oxygens (including phenoxy) is 1. The number of carboxylic acids is 1. The van der Waals surface area contributed by atoms with Crippen LogP contribution in [0.25, 0.3) is 11.3 Å². The molecule has 2 N–H and O–H groups in total. The standard InChI is InChI=1S/C30H37N3O4/c1-3-4-5-6-10-18-32-30(36)33(2)25-17-19-31-27(21-25)26-15-13-23(14-16-29(34)35)20-28(26)37-22-24-11-8-7-9-12-24/h7-9,11-13,15,17,19-21H,3-6,10,14,16,18,22H2,1-2H3,(H,32,36)(H,34,35). The van der Waals surface area contributed by atoms with Gasteiger partial charge in [-0.2, -0.15) is 0 Å². The second-order valence-electron chi connectivity index (χ2n) is 9.10. The lowest BCUT2D eigenvalue weighted by Gasteiger charge is -2.19. The van der Waals surface area contributed by atoms with E-state index in [0.717, 1.165) is 35.2 Å². The molecule has 0 radical (unpaired) electrons. The van der Waals surface area contributed by atoms with Crippen molar-refractivity contribution in [2.75, 3.05) is 18.5 Å². The monoisotopic (exact) mass is 503 g/mol. The number of anilines is 1. The first-order valence-electron chi connectivity index (χ1n) is 13.0. The number of urea groups is 1. The molecular weight excluding hydrogens is 466 g/mol. The summed E-state index contributed by atoms with van der Waals surface area (Å²) in [6.07, 6.45) is 7.84. The van der Waals surface area contributed by atoms with Gasteiger partial charge >= 0.3 is 12.0 Å². The van der Waals surface area contributed by atoms with E-state index in [9.17, 15) is 9.59 Å². The summed E-state index contributed by atoms with van der Waals surface area (Å²) in [4.78, 5) is 29.9. The average Bonchev–Trinajstić information content (AvgIpc) is 2.92. The number of nitrogens with zero attached hydrogens (tertiary/aromatic N) is 2. The van der Waals surface area contributed by atoms with Crippen molar-refractivity contribution >= 4 is 17.7 Å². The summed E-state index contributed by atoms with van der Waals surface area (Å²) in [5.74, 6) is -0.219. The third-order valence-electron chi connectivity index (χ3n) is 6.18. The number of carbonyl (C=O) groups is 2. The van der Waals surface area contributed by atoms with Crippen LogP contribution < -0.4 is 15.0 Å². The van der Waals surface area contributed by atoms with E-state index in [1.54, 1.807) is 24.2 Å². The lowest BCUT2D eigenvalue weighted by atomic mass is 10.0. The van der Waals surface area contributed by atoms with Gasteiger partial charge in [0.2, 0.25) is 0 Å². The van der Waals surface area contributed by atoms with Crippen LogP contribution in [-0.4, -0.2) is 35.7 Å². The van der Waals surface area contributed by atoms with Gasteiger partial charge in [0.05, 0.1) is 5.69 Å². The van der Waals surface area contributed by atoms with Gasteiger partial charge in [0.25, 0.3) is 0 Å². The van der Waals surface area contributed by atoms with E-state index in [-0.39, 0.29) is 12.5 Å². The van der Waals surface area contributed by atoms with E-state index < -0.39 is 5.97 Å². The third kappa shape index (κ3) is 8.94. The number of hydrogen-bond acceptors (Lipinski definition) is 4. The van der Waals surface area contributed by atoms with E-state index in [1.165, 1.54) is 19.3 Å². The van der Waals surface area contributed by atoms with Crippen LogP contribution in [0.5, 0.6) is 5.75 Å². The minimum absolute atomic E-state index is 0.0454. The van der Waals surface area contributed by atoms with E-state index in [0.29, 0.717) is 31.0 Å². The van der Waals surface area contributed by atoms with Crippen molar-refractivity contribution in [3.63, 3.8) is 0 Å². The number of amides is 2. The van der Waals surface area contributed by atoms with Crippen molar-refractivity contribution in [1.29, 1.82) is 0 Å². The first-order valence-corrected chi connectivity index (χ1v) is 13.0. The Hall–Kier alpha value is -3.87. The van der Waals surface area contributed by atoms with Gasteiger partial charge in [0.1, 0.15) is 12.4 Å². The molecule has 0 saturated carbocycles. The maximum atomic E-state index is 12.7. The summed E-state index contributed by atoms with van der Waals surface area (Å²) in [6.45, 7) is 3.21. The van der Waals surface area contributed by atoms with E-state index in [1.807, 2.05) is 54.6 Å². The molecular formula is C30H37N3O4. The highest BCUT2D eigenvalue weighted by molar-refractivity contribution is 5.92. The Labute approximate surface area is 219 Å². The van der Waals surface area contributed by atoms with Crippen LogP contribution >= 0.6 is 0 Å². The molecule has 1 aromatic heterocycles. The molecule has 0 aliphatic rings. The van der Waals surface area contributed by atoms with Crippen molar-refractivity contribution < 1.29 is 19.4 Å². The molecule has 37 heavy (non-hydrogen) atoms. The number of carboxylic acid groups (broad SMARTS) is 1. The zero-order chi connectivity index (χ0) is 26.5. The number of aliphatic carboxylic acids is 1.